The topological polar surface area (TPSA) is 29.3 Å². The fraction of sp³-hybridized carbons (Fsp3) is 0.294. The van der Waals surface area contributed by atoms with Gasteiger partial charge < -0.3 is 10.6 Å². The van der Waals surface area contributed by atoms with E-state index in [1.807, 2.05) is 6.07 Å². The first-order valence-corrected chi connectivity index (χ1v) is 7.10. The number of nitrogens with zero attached hydrogens (tertiary/aromatic N) is 1. The van der Waals surface area contributed by atoms with E-state index in [-0.39, 0.29) is 11.9 Å². The van der Waals surface area contributed by atoms with Crippen LogP contribution in [0.15, 0.2) is 42.5 Å². The lowest BCUT2D eigenvalue weighted by Crippen LogP contribution is -2.14. The molecule has 2 N–H and O–H groups in total. The van der Waals surface area contributed by atoms with Crippen LogP contribution >= 0.6 is 0 Å². The van der Waals surface area contributed by atoms with Crippen molar-refractivity contribution in [2.75, 3.05) is 11.4 Å². The molecule has 0 saturated heterocycles. The predicted octanol–water partition coefficient (Wildman–Crippen LogP) is 3.93. The predicted molar refractivity (Wildman–Crippen MR) is 80.8 cm³/mol. The summed E-state index contributed by atoms with van der Waals surface area (Å²) in [6.45, 7) is 2.98. The number of rotatable bonds is 3. The Morgan fingerprint density at radius 3 is 2.65 bits per heavy atom. The van der Waals surface area contributed by atoms with E-state index in [9.17, 15) is 4.39 Å². The van der Waals surface area contributed by atoms with Gasteiger partial charge in [-0.3, -0.25) is 0 Å². The van der Waals surface area contributed by atoms with Crippen LogP contribution in [0.25, 0.3) is 0 Å². The first kappa shape index (κ1) is 13.1. The van der Waals surface area contributed by atoms with Gasteiger partial charge in [0.1, 0.15) is 5.82 Å². The Hall–Kier alpha value is -1.87. The average Bonchev–Trinajstić information content (AvgIpc) is 2.89. The van der Waals surface area contributed by atoms with E-state index >= 15 is 0 Å². The van der Waals surface area contributed by atoms with E-state index in [0.29, 0.717) is 0 Å². The van der Waals surface area contributed by atoms with E-state index in [4.69, 9.17) is 5.73 Å². The van der Waals surface area contributed by atoms with Crippen LogP contribution in [0.4, 0.5) is 15.8 Å². The number of halogens is 1. The zero-order valence-electron chi connectivity index (χ0n) is 11.6. The zero-order chi connectivity index (χ0) is 14.1. The van der Waals surface area contributed by atoms with Crippen LogP contribution in [0.3, 0.4) is 0 Å². The third kappa shape index (κ3) is 2.29. The van der Waals surface area contributed by atoms with Crippen molar-refractivity contribution in [3.63, 3.8) is 0 Å². The van der Waals surface area contributed by atoms with E-state index in [2.05, 4.69) is 36.1 Å². The largest absolute Gasteiger partial charge is 0.341 e. The first-order valence-electron chi connectivity index (χ1n) is 7.10. The third-order valence-corrected chi connectivity index (χ3v) is 4.02. The molecule has 0 bridgehead atoms. The Balaban J connectivity index is 1.90. The van der Waals surface area contributed by atoms with Crippen LogP contribution < -0.4 is 10.6 Å². The van der Waals surface area contributed by atoms with Crippen molar-refractivity contribution in [1.29, 1.82) is 0 Å². The van der Waals surface area contributed by atoms with Gasteiger partial charge in [-0.25, -0.2) is 4.39 Å². The van der Waals surface area contributed by atoms with Crippen LogP contribution in [0.2, 0.25) is 0 Å². The summed E-state index contributed by atoms with van der Waals surface area (Å²) in [5.41, 5.74) is 10.5. The van der Waals surface area contributed by atoms with Crippen LogP contribution in [0, 0.1) is 5.82 Å². The molecule has 0 fully saturated rings. The number of benzene rings is 2. The molecule has 0 radical (unpaired) electrons. The summed E-state index contributed by atoms with van der Waals surface area (Å²) in [5, 5.41) is 0. The second kappa shape index (κ2) is 5.25. The van der Waals surface area contributed by atoms with Crippen molar-refractivity contribution >= 4 is 11.4 Å². The summed E-state index contributed by atoms with van der Waals surface area (Å²) in [7, 11) is 0. The Bertz CT molecular complexity index is 607. The molecule has 2 nitrogen and oxygen atoms in total. The fourth-order valence-electron chi connectivity index (χ4n) is 2.76. The minimum absolute atomic E-state index is 0.0901. The maximum Gasteiger partial charge on any atom is 0.125 e. The van der Waals surface area contributed by atoms with E-state index in [0.717, 1.165) is 36.3 Å². The quantitative estimate of drug-likeness (QED) is 0.915. The molecule has 0 unspecified atom stereocenters. The highest BCUT2D eigenvalue weighted by molar-refractivity contribution is 5.70. The van der Waals surface area contributed by atoms with Crippen molar-refractivity contribution in [1.82, 2.24) is 0 Å². The molecule has 0 amide bonds. The highest BCUT2D eigenvalue weighted by atomic mass is 19.1. The van der Waals surface area contributed by atoms with Gasteiger partial charge in [0.05, 0.1) is 0 Å². The number of hydrogen-bond donors (Lipinski definition) is 1. The normalized spacial score (nSPS) is 15.2. The van der Waals surface area contributed by atoms with Gasteiger partial charge in [0.15, 0.2) is 0 Å². The minimum Gasteiger partial charge on any atom is -0.341 e. The van der Waals surface area contributed by atoms with Crippen molar-refractivity contribution in [2.24, 2.45) is 5.73 Å². The lowest BCUT2D eigenvalue weighted by Gasteiger charge is -2.20. The van der Waals surface area contributed by atoms with Gasteiger partial charge in [-0.2, -0.15) is 0 Å². The van der Waals surface area contributed by atoms with Gasteiger partial charge in [0.25, 0.3) is 0 Å². The Labute approximate surface area is 119 Å². The highest BCUT2D eigenvalue weighted by Crippen LogP contribution is 2.35. The molecule has 3 rings (SSSR count). The van der Waals surface area contributed by atoms with E-state index < -0.39 is 0 Å². The Kier molecular flexibility index (Phi) is 3.45. The molecule has 1 atom stereocenters. The summed E-state index contributed by atoms with van der Waals surface area (Å²) in [4.78, 5) is 2.17. The first-order chi connectivity index (χ1) is 9.69. The number of fused-ring (bicyclic) bond motifs is 1. The van der Waals surface area contributed by atoms with Crippen LogP contribution in [0.1, 0.15) is 30.5 Å². The molecule has 0 aliphatic carbocycles. The average molecular weight is 270 g/mol. The van der Waals surface area contributed by atoms with Gasteiger partial charge >= 0.3 is 0 Å². The van der Waals surface area contributed by atoms with Gasteiger partial charge in [-0.15, -0.1) is 0 Å². The maximum atomic E-state index is 13.4. The van der Waals surface area contributed by atoms with Crippen molar-refractivity contribution in [2.45, 2.75) is 25.8 Å². The standard InChI is InChI=1S/C17H19FN2/c1-2-16(19)12-4-7-15(8-5-12)20-10-9-13-3-6-14(18)11-17(13)20/h3-8,11,16H,2,9-10,19H2,1H3/t16-/m0/s1. The third-order valence-electron chi connectivity index (χ3n) is 4.02. The zero-order valence-corrected chi connectivity index (χ0v) is 11.6. The second-order valence-electron chi connectivity index (χ2n) is 5.28. The lowest BCUT2D eigenvalue weighted by atomic mass is 10.1. The van der Waals surface area contributed by atoms with Crippen molar-refractivity contribution in [3.8, 4) is 0 Å². The highest BCUT2D eigenvalue weighted by Gasteiger charge is 2.20. The van der Waals surface area contributed by atoms with Gasteiger partial charge in [-0.05, 0) is 48.2 Å². The lowest BCUT2D eigenvalue weighted by molar-refractivity contribution is 0.628. The molecular weight excluding hydrogens is 251 g/mol. The summed E-state index contributed by atoms with van der Waals surface area (Å²) in [6.07, 6.45) is 1.89. The van der Waals surface area contributed by atoms with E-state index in [1.54, 1.807) is 6.07 Å². The van der Waals surface area contributed by atoms with E-state index in [1.165, 1.54) is 11.6 Å². The SMILES string of the molecule is CC[C@H](N)c1ccc(N2CCc3ccc(F)cc32)cc1. The Morgan fingerprint density at radius 1 is 1.20 bits per heavy atom. The fourth-order valence-corrected chi connectivity index (χ4v) is 2.76. The maximum absolute atomic E-state index is 13.4. The second-order valence-corrected chi connectivity index (χ2v) is 5.28. The summed E-state index contributed by atoms with van der Waals surface area (Å²) in [6, 6.07) is 13.4. The smallest absolute Gasteiger partial charge is 0.125 e. The molecule has 2 aromatic carbocycles. The van der Waals surface area contributed by atoms with Crippen LogP contribution in [-0.2, 0) is 6.42 Å². The van der Waals surface area contributed by atoms with Crippen molar-refractivity contribution in [3.05, 3.63) is 59.4 Å². The van der Waals surface area contributed by atoms with Gasteiger partial charge in [0.2, 0.25) is 0 Å². The molecule has 0 aromatic heterocycles. The molecule has 1 aliphatic heterocycles. The molecule has 20 heavy (non-hydrogen) atoms. The minimum atomic E-state index is -0.180. The number of hydrogen-bond acceptors (Lipinski definition) is 2. The van der Waals surface area contributed by atoms with Crippen molar-refractivity contribution < 1.29 is 4.39 Å². The Morgan fingerprint density at radius 2 is 1.95 bits per heavy atom. The molecule has 2 aromatic rings. The summed E-state index contributed by atoms with van der Waals surface area (Å²) in [5.74, 6) is -0.180. The molecule has 0 saturated carbocycles. The molecule has 1 aliphatic rings. The number of nitrogens with two attached hydrogens (primary N) is 1. The van der Waals surface area contributed by atoms with Crippen LogP contribution in [-0.4, -0.2) is 6.54 Å². The van der Waals surface area contributed by atoms with Crippen LogP contribution in [0.5, 0.6) is 0 Å². The summed E-state index contributed by atoms with van der Waals surface area (Å²) >= 11 is 0. The van der Waals surface area contributed by atoms with Gasteiger partial charge in [-0.1, -0.05) is 25.1 Å². The van der Waals surface area contributed by atoms with Gasteiger partial charge in [0, 0.05) is 24.0 Å². The summed E-state index contributed by atoms with van der Waals surface area (Å²) < 4.78 is 13.4. The molecular formula is C17H19FN2. The monoisotopic (exact) mass is 270 g/mol. The number of anilines is 2. The molecule has 3 heteroatoms. The molecule has 104 valence electrons. The molecule has 1 heterocycles. The molecule has 0 spiro atoms.